The summed E-state index contributed by atoms with van der Waals surface area (Å²) in [6.45, 7) is 4.12. The molecule has 0 bridgehead atoms. The average Bonchev–Trinajstić information content (AvgIpc) is 3.35. The van der Waals surface area contributed by atoms with E-state index < -0.39 is 28.5 Å². The Kier molecular flexibility index (Phi) is 4.53. The maximum atomic E-state index is 13.4. The number of carboxylic acid groups (broad SMARTS) is 1. The lowest BCUT2D eigenvalue weighted by Crippen LogP contribution is -2.58. The van der Waals surface area contributed by atoms with Crippen LogP contribution in [0.1, 0.15) is 69.7 Å². The molecule has 3 saturated carbocycles. The van der Waals surface area contributed by atoms with Crippen molar-refractivity contribution in [1.29, 1.82) is 0 Å². The smallest absolute Gasteiger partial charge is 0.336 e. The maximum Gasteiger partial charge on any atom is 0.336 e. The van der Waals surface area contributed by atoms with Crippen molar-refractivity contribution >= 4 is 12.0 Å². The molecular weight excluding hydrogens is 435 g/mol. The predicted molar refractivity (Wildman–Crippen MR) is 123 cm³/mol. The van der Waals surface area contributed by atoms with Crippen molar-refractivity contribution in [2.24, 2.45) is 28.6 Å². The molecule has 4 aliphatic rings. The second-order valence-electron chi connectivity index (χ2n) is 11.3. The highest BCUT2D eigenvalue weighted by atomic mass is 19.1. The first-order chi connectivity index (χ1) is 16.1. The maximum absolute atomic E-state index is 13.4. The van der Waals surface area contributed by atoms with Crippen LogP contribution in [0.3, 0.4) is 0 Å². The van der Waals surface area contributed by atoms with Crippen molar-refractivity contribution in [1.82, 2.24) is 9.78 Å². The molecule has 1 unspecified atom stereocenters. The zero-order valence-corrected chi connectivity index (χ0v) is 19.5. The monoisotopic (exact) mass is 466 g/mol. The molecule has 0 aliphatic heterocycles. The minimum Gasteiger partial charge on any atom is -0.479 e. The van der Waals surface area contributed by atoms with E-state index in [-0.39, 0.29) is 23.6 Å². The Balaban J connectivity index is 1.38. The molecule has 3 fully saturated rings. The van der Waals surface area contributed by atoms with E-state index in [2.05, 4.69) is 18.1 Å². The molecule has 1 heterocycles. The van der Waals surface area contributed by atoms with Gasteiger partial charge in [0.05, 0.1) is 23.7 Å². The van der Waals surface area contributed by atoms with Crippen LogP contribution in [0.25, 0.3) is 11.8 Å². The van der Waals surface area contributed by atoms with E-state index in [1.165, 1.54) is 17.7 Å². The molecule has 2 aromatic rings. The fourth-order valence-corrected chi connectivity index (χ4v) is 8.24. The summed E-state index contributed by atoms with van der Waals surface area (Å²) >= 11 is 0. The molecule has 6 rings (SSSR count). The topological polar surface area (TPSA) is 95.6 Å². The van der Waals surface area contributed by atoms with Gasteiger partial charge in [0, 0.05) is 16.4 Å². The van der Waals surface area contributed by atoms with Crippen molar-refractivity contribution in [2.75, 3.05) is 0 Å². The largest absolute Gasteiger partial charge is 0.479 e. The van der Waals surface area contributed by atoms with Crippen LogP contribution in [-0.4, -0.2) is 36.7 Å². The van der Waals surface area contributed by atoms with Crippen LogP contribution in [0, 0.1) is 34.4 Å². The zero-order valence-electron chi connectivity index (χ0n) is 19.5. The minimum atomic E-state index is -1.67. The molecule has 180 valence electrons. The Hall–Kier alpha value is -2.51. The predicted octanol–water partition coefficient (Wildman–Crippen LogP) is 4.50. The molecule has 0 spiro atoms. The summed E-state index contributed by atoms with van der Waals surface area (Å²) in [6.07, 6.45) is 7.31. The third kappa shape index (κ3) is 2.57. The SMILES string of the molecule is C[C@]12CC[C@H]3[C@H](CCC4=Cc5c(cnn5-c5ccc(F)cc5)C(O)[C@@]43C)[C@@H]1CC[C@]2(O)C(=O)O. The van der Waals surface area contributed by atoms with Crippen molar-refractivity contribution in [3.8, 4) is 5.69 Å². The van der Waals surface area contributed by atoms with Gasteiger partial charge in [-0.3, -0.25) is 0 Å². The van der Waals surface area contributed by atoms with Crippen molar-refractivity contribution < 1.29 is 24.5 Å². The summed E-state index contributed by atoms with van der Waals surface area (Å²) in [6, 6.07) is 6.18. The second-order valence-corrected chi connectivity index (χ2v) is 11.3. The number of aliphatic hydroxyl groups is 2. The van der Waals surface area contributed by atoms with E-state index in [1.807, 2.05) is 6.92 Å². The first-order valence-electron chi connectivity index (χ1n) is 12.3. The van der Waals surface area contributed by atoms with E-state index in [4.69, 9.17) is 0 Å². The van der Waals surface area contributed by atoms with Crippen LogP contribution in [0.4, 0.5) is 4.39 Å². The summed E-state index contributed by atoms with van der Waals surface area (Å²) < 4.78 is 15.2. The van der Waals surface area contributed by atoms with Gasteiger partial charge < -0.3 is 15.3 Å². The van der Waals surface area contributed by atoms with Crippen molar-refractivity contribution in [3.63, 3.8) is 0 Å². The number of rotatable bonds is 2. The second kappa shape index (κ2) is 7.01. The standard InChI is InChI=1S/C27H31FN2O4/c1-25-11-9-21-18(20(25)10-12-27(25,34)24(32)33)8-3-15-13-22-19(23(31)26(15,21)2)14-29-30(22)17-6-4-16(28)5-7-17/h4-7,13-14,18,20-21,23,31,34H,3,8-12H2,1-2H3,(H,32,33)/t18-,20+,21+,23?,25+,26+,27+/m1/s1. The number of aliphatic carboxylic acids is 1. The molecule has 1 aromatic heterocycles. The Labute approximate surface area is 198 Å². The normalized spacial score (nSPS) is 40.6. The summed E-state index contributed by atoms with van der Waals surface area (Å²) in [5, 5.41) is 37.3. The number of fused-ring (bicyclic) bond motifs is 6. The summed E-state index contributed by atoms with van der Waals surface area (Å²) in [5.41, 5.74) is 0.788. The molecular formula is C27H31FN2O4. The third-order valence-electron chi connectivity index (χ3n) is 10.2. The lowest BCUT2D eigenvalue weighted by Gasteiger charge is -2.59. The number of aliphatic hydroxyl groups excluding tert-OH is 1. The number of hydrogen-bond acceptors (Lipinski definition) is 4. The van der Waals surface area contributed by atoms with Gasteiger partial charge in [-0.05, 0) is 86.6 Å². The number of aromatic nitrogens is 2. The van der Waals surface area contributed by atoms with E-state index >= 15 is 0 Å². The van der Waals surface area contributed by atoms with Gasteiger partial charge in [0.2, 0.25) is 0 Å². The van der Waals surface area contributed by atoms with Gasteiger partial charge >= 0.3 is 5.97 Å². The van der Waals surface area contributed by atoms with E-state index in [1.54, 1.807) is 23.0 Å². The molecule has 7 heteroatoms. The molecule has 0 amide bonds. The summed E-state index contributed by atoms with van der Waals surface area (Å²) in [7, 11) is 0. The van der Waals surface area contributed by atoms with Gasteiger partial charge in [-0.15, -0.1) is 0 Å². The number of hydrogen-bond donors (Lipinski definition) is 3. The fraction of sp³-hybridized carbons (Fsp3) is 0.556. The van der Waals surface area contributed by atoms with E-state index in [0.29, 0.717) is 19.3 Å². The summed E-state index contributed by atoms with van der Waals surface area (Å²) in [5.74, 6) is -0.813. The summed E-state index contributed by atoms with van der Waals surface area (Å²) in [4.78, 5) is 12.0. The molecule has 0 radical (unpaired) electrons. The minimum absolute atomic E-state index is 0.126. The molecule has 3 N–H and O–H groups in total. The fourth-order valence-electron chi connectivity index (χ4n) is 8.24. The van der Waals surface area contributed by atoms with Crippen LogP contribution in [0.2, 0.25) is 0 Å². The van der Waals surface area contributed by atoms with Gasteiger partial charge in [-0.25, -0.2) is 13.9 Å². The van der Waals surface area contributed by atoms with Gasteiger partial charge in [-0.1, -0.05) is 19.4 Å². The van der Waals surface area contributed by atoms with Gasteiger partial charge in [0.25, 0.3) is 0 Å². The molecule has 6 nitrogen and oxygen atoms in total. The quantitative estimate of drug-likeness (QED) is 0.606. The Morgan fingerprint density at radius 2 is 1.82 bits per heavy atom. The van der Waals surface area contributed by atoms with Gasteiger partial charge in [0.1, 0.15) is 5.82 Å². The van der Waals surface area contributed by atoms with Crippen molar-refractivity contribution in [2.45, 2.75) is 64.1 Å². The highest BCUT2D eigenvalue weighted by Crippen LogP contribution is 2.69. The molecule has 7 atom stereocenters. The Morgan fingerprint density at radius 1 is 1.12 bits per heavy atom. The number of benzene rings is 1. The number of nitrogens with zero attached hydrogens (tertiary/aromatic N) is 2. The lowest BCUT2D eigenvalue weighted by atomic mass is 9.46. The van der Waals surface area contributed by atoms with Gasteiger partial charge in [-0.2, -0.15) is 5.10 Å². The van der Waals surface area contributed by atoms with Crippen LogP contribution in [0.15, 0.2) is 36.0 Å². The zero-order chi connectivity index (χ0) is 24.0. The van der Waals surface area contributed by atoms with Crippen LogP contribution in [-0.2, 0) is 4.79 Å². The molecule has 34 heavy (non-hydrogen) atoms. The van der Waals surface area contributed by atoms with Crippen LogP contribution >= 0.6 is 0 Å². The highest BCUT2D eigenvalue weighted by molar-refractivity contribution is 5.79. The van der Waals surface area contributed by atoms with Crippen LogP contribution < -0.4 is 0 Å². The highest BCUT2D eigenvalue weighted by Gasteiger charge is 2.67. The van der Waals surface area contributed by atoms with Gasteiger partial charge in [0.15, 0.2) is 5.60 Å². The number of carboxylic acids is 1. The van der Waals surface area contributed by atoms with Crippen LogP contribution in [0.5, 0.6) is 0 Å². The number of carbonyl (C=O) groups is 1. The number of halogens is 1. The molecule has 4 aliphatic carbocycles. The molecule has 1 aromatic carbocycles. The first kappa shape index (κ1) is 22.0. The van der Waals surface area contributed by atoms with E-state index in [0.717, 1.165) is 36.2 Å². The lowest BCUT2D eigenvalue weighted by molar-refractivity contribution is -0.183. The third-order valence-corrected chi connectivity index (χ3v) is 10.2. The molecule has 0 saturated heterocycles. The average molecular weight is 467 g/mol. The van der Waals surface area contributed by atoms with E-state index in [9.17, 15) is 24.5 Å². The Morgan fingerprint density at radius 3 is 2.53 bits per heavy atom. The first-order valence-corrected chi connectivity index (χ1v) is 12.3. The Bertz CT molecular complexity index is 1210. The van der Waals surface area contributed by atoms with Crippen molar-refractivity contribution in [3.05, 3.63) is 53.1 Å².